The zero-order chi connectivity index (χ0) is 13.4. The molecule has 18 heavy (non-hydrogen) atoms. The molecule has 1 heterocycles. The Bertz CT molecular complexity index is 319. The number of hydrogen-bond donors (Lipinski definition) is 1. The van der Waals surface area contributed by atoms with E-state index in [0.717, 1.165) is 38.2 Å². The van der Waals surface area contributed by atoms with Gasteiger partial charge in [-0.15, -0.1) is 0 Å². The van der Waals surface area contributed by atoms with Crippen molar-refractivity contribution in [1.82, 2.24) is 15.1 Å². The number of nitrogens with zero attached hydrogens (tertiary/aromatic N) is 2. The van der Waals surface area contributed by atoms with Gasteiger partial charge in [-0.3, -0.25) is 4.68 Å². The van der Waals surface area contributed by atoms with Crippen LogP contribution in [-0.4, -0.2) is 29.0 Å². The molecule has 0 saturated heterocycles. The Kier molecular flexibility index (Phi) is 6.98. The summed E-state index contributed by atoms with van der Waals surface area (Å²) < 4.78 is 7.55. The molecule has 4 heteroatoms. The van der Waals surface area contributed by atoms with Crippen molar-refractivity contribution in [3.63, 3.8) is 0 Å². The highest BCUT2D eigenvalue weighted by Gasteiger charge is 2.07. The average molecular weight is 253 g/mol. The highest BCUT2D eigenvalue weighted by molar-refractivity contribution is 4.99. The molecule has 0 aliphatic heterocycles. The topological polar surface area (TPSA) is 39.1 Å². The quantitative estimate of drug-likeness (QED) is 0.688. The maximum Gasteiger partial charge on any atom is 0.0762 e. The summed E-state index contributed by atoms with van der Waals surface area (Å²) in [5, 5.41) is 7.94. The zero-order valence-corrected chi connectivity index (χ0v) is 12.1. The minimum absolute atomic E-state index is 0.306. The molecule has 0 aromatic carbocycles. The summed E-state index contributed by atoms with van der Waals surface area (Å²) in [5.41, 5.74) is 1.10. The molecule has 1 aromatic rings. The second kappa shape index (κ2) is 8.27. The van der Waals surface area contributed by atoms with Gasteiger partial charge in [-0.05, 0) is 32.8 Å². The van der Waals surface area contributed by atoms with Crippen LogP contribution in [0.25, 0.3) is 0 Å². The molecule has 1 rings (SSSR count). The fourth-order valence-corrected chi connectivity index (χ4v) is 1.92. The van der Waals surface area contributed by atoms with Crippen LogP contribution in [0.5, 0.6) is 0 Å². The molecule has 0 aliphatic carbocycles. The van der Waals surface area contributed by atoms with Gasteiger partial charge in [0.1, 0.15) is 0 Å². The van der Waals surface area contributed by atoms with Gasteiger partial charge in [-0.2, -0.15) is 5.10 Å². The van der Waals surface area contributed by atoms with Gasteiger partial charge in [0.15, 0.2) is 0 Å². The fourth-order valence-electron chi connectivity index (χ4n) is 1.92. The predicted octanol–water partition coefficient (Wildman–Crippen LogP) is 2.76. The Morgan fingerprint density at radius 3 is 2.67 bits per heavy atom. The van der Waals surface area contributed by atoms with Gasteiger partial charge in [-0.1, -0.05) is 13.8 Å². The Hall–Kier alpha value is -0.870. The molecule has 4 nitrogen and oxygen atoms in total. The van der Waals surface area contributed by atoms with Crippen LogP contribution in [0.3, 0.4) is 0 Å². The van der Waals surface area contributed by atoms with Crippen LogP contribution in [0.15, 0.2) is 12.3 Å². The van der Waals surface area contributed by atoms with Crippen LogP contribution in [0.1, 0.15) is 52.3 Å². The van der Waals surface area contributed by atoms with Gasteiger partial charge in [0.2, 0.25) is 0 Å². The van der Waals surface area contributed by atoms with E-state index in [1.807, 2.05) is 0 Å². The van der Waals surface area contributed by atoms with E-state index in [-0.39, 0.29) is 0 Å². The van der Waals surface area contributed by atoms with Crippen LogP contribution >= 0.6 is 0 Å². The monoisotopic (exact) mass is 253 g/mol. The van der Waals surface area contributed by atoms with Gasteiger partial charge in [-0.25, -0.2) is 0 Å². The fraction of sp³-hybridized carbons (Fsp3) is 0.786. The van der Waals surface area contributed by atoms with Crippen molar-refractivity contribution in [1.29, 1.82) is 0 Å². The second-order valence-electron chi connectivity index (χ2n) is 4.85. The van der Waals surface area contributed by atoms with Crippen molar-refractivity contribution >= 4 is 0 Å². The SMILES string of the molecule is CCC(CC)n1ccc(CNCCOC(C)C)n1. The maximum atomic E-state index is 5.47. The maximum absolute atomic E-state index is 5.47. The Balaban J connectivity index is 2.27. The lowest BCUT2D eigenvalue weighted by atomic mass is 10.2. The minimum atomic E-state index is 0.306. The molecule has 104 valence electrons. The van der Waals surface area contributed by atoms with Gasteiger partial charge in [0.25, 0.3) is 0 Å². The third kappa shape index (κ3) is 5.19. The molecule has 0 fully saturated rings. The molecule has 0 atom stereocenters. The molecule has 0 saturated carbocycles. The van der Waals surface area contributed by atoms with E-state index in [9.17, 15) is 0 Å². The summed E-state index contributed by atoms with van der Waals surface area (Å²) in [5.74, 6) is 0. The first-order chi connectivity index (χ1) is 8.67. The minimum Gasteiger partial charge on any atom is -0.377 e. The number of rotatable bonds is 9. The van der Waals surface area contributed by atoms with E-state index < -0.39 is 0 Å². The normalized spacial score (nSPS) is 11.7. The molecule has 0 aliphatic rings. The average Bonchev–Trinajstić information content (AvgIpc) is 2.79. The first-order valence-corrected chi connectivity index (χ1v) is 7.03. The Labute approximate surface area is 111 Å². The Morgan fingerprint density at radius 1 is 1.33 bits per heavy atom. The standard InChI is InChI=1S/C14H27N3O/c1-5-14(6-2)17-9-7-13(16-17)11-15-8-10-18-12(3)4/h7,9,12,14-15H,5-6,8,10-11H2,1-4H3. The highest BCUT2D eigenvalue weighted by atomic mass is 16.5. The summed E-state index contributed by atoms with van der Waals surface area (Å²) in [6, 6.07) is 2.62. The summed E-state index contributed by atoms with van der Waals surface area (Å²) in [6.07, 6.45) is 4.65. The second-order valence-corrected chi connectivity index (χ2v) is 4.85. The predicted molar refractivity (Wildman–Crippen MR) is 74.6 cm³/mol. The Morgan fingerprint density at radius 2 is 2.06 bits per heavy atom. The zero-order valence-electron chi connectivity index (χ0n) is 12.1. The molecule has 0 radical (unpaired) electrons. The lowest BCUT2D eigenvalue weighted by Gasteiger charge is -2.12. The summed E-state index contributed by atoms with van der Waals surface area (Å²) in [6.45, 7) is 11.0. The summed E-state index contributed by atoms with van der Waals surface area (Å²) in [4.78, 5) is 0. The van der Waals surface area contributed by atoms with E-state index >= 15 is 0 Å². The summed E-state index contributed by atoms with van der Waals surface area (Å²) >= 11 is 0. The van der Waals surface area contributed by atoms with Gasteiger partial charge in [0, 0.05) is 19.3 Å². The number of nitrogens with one attached hydrogen (secondary N) is 1. The number of ether oxygens (including phenoxy) is 1. The van der Waals surface area contributed by atoms with Crippen molar-refractivity contribution in [2.75, 3.05) is 13.2 Å². The van der Waals surface area contributed by atoms with E-state index in [4.69, 9.17) is 4.74 Å². The van der Waals surface area contributed by atoms with Gasteiger partial charge >= 0.3 is 0 Å². The van der Waals surface area contributed by atoms with Crippen LogP contribution in [0, 0.1) is 0 Å². The molecule has 0 bridgehead atoms. The van der Waals surface area contributed by atoms with Crippen molar-refractivity contribution in [2.45, 2.75) is 59.2 Å². The summed E-state index contributed by atoms with van der Waals surface area (Å²) in [7, 11) is 0. The molecule has 0 spiro atoms. The van der Waals surface area contributed by atoms with E-state index in [0.29, 0.717) is 12.1 Å². The number of aromatic nitrogens is 2. The van der Waals surface area contributed by atoms with Gasteiger partial charge < -0.3 is 10.1 Å². The lowest BCUT2D eigenvalue weighted by molar-refractivity contribution is 0.0806. The third-order valence-electron chi connectivity index (χ3n) is 3.02. The molecule has 0 amide bonds. The van der Waals surface area contributed by atoms with Crippen LogP contribution < -0.4 is 5.32 Å². The molecule has 0 unspecified atom stereocenters. The van der Waals surface area contributed by atoms with Gasteiger partial charge in [0.05, 0.1) is 24.4 Å². The van der Waals surface area contributed by atoms with Crippen LogP contribution in [0.2, 0.25) is 0 Å². The van der Waals surface area contributed by atoms with E-state index in [2.05, 4.69) is 55.1 Å². The smallest absolute Gasteiger partial charge is 0.0762 e. The van der Waals surface area contributed by atoms with Crippen molar-refractivity contribution < 1.29 is 4.74 Å². The van der Waals surface area contributed by atoms with Crippen LogP contribution in [0.4, 0.5) is 0 Å². The van der Waals surface area contributed by atoms with Crippen molar-refractivity contribution in [3.05, 3.63) is 18.0 Å². The van der Waals surface area contributed by atoms with E-state index in [1.54, 1.807) is 0 Å². The molecular weight excluding hydrogens is 226 g/mol. The van der Waals surface area contributed by atoms with Crippen molar-refractivity contribution in [2.24, 2.45) is 0 Å². The van der Waals surface area contributed by atoms with Crippen LogP contribution in [-0.2, 0) is 11.3 Å². The number of hydrogen-bond acceptors (Lipinski definition) is 3. The van der Waals surface area contributed by atoms with Crippen molar-refractivity contribution in [3.8, 4) is 0 Å². The largest absolute Gasteiger partial charge is 0.377 e. The molecule has 1 N–H and O–H groups in total. The first kappa shape index (κ1) is 15.2. The highest BCUT2D eigenvalue weighted by Crippen LogP contribution is 2.14. The first-order valence-electron chi connectivity index (χ1n) is 7.03. The lowest BCUT2D eigenvalue weighted by Crippen LogP contribution is -2.21. The third-order valence-corrected chi connectivity index (χ3v) is 3.02. The molecular formula is C14H27N3O. The molecule has 1 aromatic heterocycles. The van der Waals surface area contributed by atoms with E-state index in [1.165, 1.54) is 0 Å².